The molecule has 8 heteroatoms. The first kappa shape index (κ1) is 20.9. The van der Waals surface area contributed by atoms with Crippen LogP contribution in [0.1, 0.15) is 21.7 Å². The lowest BCUT2D eigenvalue weighted by molar-refractivity contribution is -0.153. The van der Waals surface area contributed by atoms with Crippen molar-refractivity contribution >= 4 is 11.8 Å². The quantitative estimate of drug-likeness (QED) is 0.436. The highest BCUT2D eigenvalue weighted by molar-refractivity contribution is 5.99. The second kappa shape index (κ2) is 8.54. The molecule has 0 saturated heterocycles. The molecule has 3 aromatic rings. The monoisotopic (exact) mass is 449 g/mol. The largest absolute Gasteiger partial charge is 0.486 e. The summed E-state index contributed by atoms with van der Waals surface area (Å²) in [5.41, 5.74) is 2.97. The number of para-hydroxylation sites is 2. The van der Waals surface area contributed by atoms with Gasteiger partial charge in [0.1, 0.15) is 19.8 Å². The Hall–Kier alpha value is -3.94. The summed E-state index contributed by atoms with van der Waals surface area (Å²) in [5.74, 6) is 1.48. The van der Waals surface area contributed by atoms with Crippen LogP contribution in [0.25, 0.3) is 5.69 Å². The summed E-state index contributed by atoms with van der Waals surface area (Å²) in [7, 11) is 0. The smallest absolute Gasteiger partial charge is 0.351 e. The lowest BCUT2D eigenvalue weighted by Gasteiger charge is -2.24. The molecule has 1 atom stereocenters. The molecule has 0 amide bonds. The van der Waals surface area contributed by atoms with Crippen molar-refractivity contribution in [3.63, 3.8) is 0 Å². The highest BCUT2D eigenvalue weighted by Gasteiger charge is 2.29. The number of carbonyl (C=O) groups excluding carboxylic acids is 2. The predicted octanol–water partition coefficient (Wildman–Crippen LogP) is 3.43. The van der Waals surface area contributed by atoms with Gasteiger partial charge >= 0.3 is 5.97 Å². The van der Waals surface area contributed by atoms with Crippen molar-refractivity contribution < 1.29 is 33.3 Å². The lowest BCUT2D eigenvalue weighted by Crippen LogP contribution is -2.38. The average Bonchev–Trinajstić information content (AvgIpc) is 3.15. The Balaban J connectivity index is 1.28. The molecule has 170 valence electrons. The van der Waals surface area contributed by atoms with Gasteiger partial charge in [-0.15, -0.1) is 0 Å². The van der Waals surface area contributed by atoms with Crippen LogP contribution in [0.4, 0.5) is 0 Å². The van der Waals surface area contributed by atoms with E-state index in [9.17, 15) is 9.59 Å². The van der Waals surface area contributed by atoms with E-state index >= 15 is 0 Å². The molecule has 8 nitrogen and oxygen atoms in total. The van der Waals surface area contributed by atoms with Crippen molar-refractivity contribution in [1.29, 1.82) is 0 Å². The number of carbonyl (C=O) groups is 2. The fraction of sp³-hybridized carbons (Fsp3) is 0.280. The SMILES string of the molecule is Cc1cc(C(=O)COC(=O)C2COc3ccccc3O2)c(C)n1-c1ccc2c(c1)OCCO2. The highest BCUT2D eigenvalue weighted by Crippen LogP contribution is 2.34. The number of nitrogens with zero attached hydrogens (tertiary/aromatic N) is 1. The third-order valence-corrected chi connectivity index (χ3v) is 5.63. The van der Waals surface area contributed by atoms with E-state index in [1.165, 1.54) is 0 Å². The van der Waals surface area contributed by atoms with Crippen molar-refractivity contribution in [3.8, 4) is 28.7 Å². The maximum Gasteiger partial charge on any atom is 0.351 e. The van der Waals surface area contributed by atoms with Crippen molar-refractivity contribution in [2.45, 2.75) is 20.0 Å². The molecular formula is C25H23NO7. The van der Waals surface area contributed by atoms with Crippen LogP contribution in [0.5, 0.6) is 23.0 Å². The molecule has 2 aliphatic heterocycles. The zero-order chi connectivity index (χ0) is 22.9. The Morgan fingerprint density at radius 2 is 1.67 bits per heavy atom. The van der Waals surface area contributed by atoms with Gasteiger partial charge in [0.25, 0.3) is 0 Å². The van der Waals surface area contributed by atoms with Crippen LogP contribution < -0.4 is 18.9 Å². The van der Waals surface area contributed by atoms with Gasteiger partial charge in [0, 0.05) is 28.7 Å². The molecule has 0 spiro atoms. The second-order valence-corrected chi connectivity index (χ2v) is 7.84. The number of aromatic nitrogens is 1. The number of benzene rings is 2. The minimum atomic E-state index is -0.919. The molecule has 0 aliphatic carbocycles. The normalized spacial score (nSPS) is 16.2. The first-order chi connectivity index (χ1) is 16.0. The molecule has 2 aromatic carbocycles. The van der Waals surface area contributed by atoms with Crippen LogP contribution >= 0.6 is 0 Å². The van der Waals surface area contributed by atoms with Gasteiger partial charge in [-0.2, -0.15) is 0 Å². The summed E-state index contributed by atoms with van der Waals surface area (Å²) in [4.78, 5) is 25.3. The molecule has 5 rings (SSSR count). The summed E-state index contributed by atoms with van der Waals surface area (Å²) in [6.45, 7) is 4.44. The summed E-state index contributed by atoms with van der Waals surface area (Å²) in [6.07, 6.45) is -0.919. The summed E-state index contributed by atoms with van der Waals surface area (Å²) in [6, 6.07) is 14.5. The van der Waals surface area contributed by atoms with E-state index in [-0.39, 0.29) is 19.0 Å². The lowest BCUT2D eigenvalue weighted by atomic mass is 10.1. The Labute approximate surface area is 190 Å². The van der Waals surface area contributed by atoms with E-state index < -0.39 is 12.1 Å². The topological polar surface area (TPSA) is 85.2 Å². The van der Waals surface area contributed by atoms with Crippen molar-refractivity contribution in [2.75, 3.05) is 26.4 Å². The summed E-state index contributed by atoms with van der Waals surface area (Å²) >= 11 is 0. The number of aryl methyl sites for hydroxylation is 1. The minimum Gasteiger partial charge on any atom is -0.486 e. The third-order valence-electron chi connectivity index (χ3n) is 5.63. The summed E-state index contributed by atoms with van der Waals surface area (Å²) in [5, 5.41) is 0. The van der Waals surface area contributed by atoms with Crippen LogP contribution in [0.2, 0.25) is 0 Å². The molecule has 0 saturated carbocycles. The van der Waals surface area contributed by atoms with Gasteiger partial charge in [-0.25, -0.2) is 4.79 Å². The van der Waals surface area contributed by atoms with E-state index in [2.05, 4.69) is 0 Å². The van der Waals surface area contributed by atoms with Gasteiger partial charge in [0.05, 0.1) is 0 Å². The number of hydrogen-bond donors (Lipinski definition) is 0. The van der Waals surface area contributed by atoms with E-state index in [1.807, 2.05) is 42.7 Å². The van der Waals surface area contributed by atoms with E-state index in [4.69, 9.17) is 23.7 Å². The minimum absolute atomic E-state index is 0.0304. The van der Waals surface area contributed by atoms with Gasteiger partial charge in [0.15, 0.2) is 29.6 Å². The molecule has 3 heterocycles. The average molecular weight is 449 g/mol. The zero-order valence-electron chi connectivity index (χ0n) is 18.3. The maximum absolute atomic E-state index is 12.9. The Morgan fingerprint density at radius 3 is 2.48 bits per heavy atom. The van der Waals surface area contributed by atoms with Crippen LogP contribution in [0.15, 0.2) is 48.5 Å². The van der Waals surface area contributed by atoms with Crippen molar-refractivity contribution in [2.24, 2.45) is 0 Å². The molecule has 0 radical (unpaired) electrons. The number of rotatable bonds is 5. The number of ether oxygens (including phenoxy) is 5. The van der Waals surface area contributed by atoms with Crippen molar-refractivity contribution in [3.05, 3.63) is 65.5 Å². The molecule has 0 N–H and O–H groups in total. The Bertz CT molecular complexity index is 1230. The Morgan fingerprint density at radius 1 is 0.939 bits per heavy atom. The van der Waals surface area contributed by atoms with Gasteiger partial charge in [-0.3, -0.25) is 4.79 Å². The fourth-order valence-corrected chi connectivity index (χ4v) is 4.06. The second-order valence-electron chi connectivity index (χ2n) is 7.84. The van der Waals surface area contributed by atoms with Crippen LogP contribution in [0.3, 0.4) is 0 Å². The molecule has 1 aromatic heterocycles. The molecular weight excluding hydrogens is 426 g/mol. The molecule has 0 fully saturated rings. The van der Waals surface area contributed by atoms with E-state index in [1.54, 1.807) is 24.3 Å². The number of hydrogen-bond acceptors (Lipinski definition) is 7. The first-order valence-electron chi connectivity index (χ1n) is 10.7. The molecule has 2 aliphatic rings. The van der Waals surface area contributed by atoms with Gasteiger partial charge in [0.2, 0.25) is 11.9 Å². The summed E-state index contributed by atoms with van der Waals surface area (Å²) < 4.78 is 29.7. The van der Waals surface area contributed by atoms with Gasteiger partial charge < -0.3 is 28.3 Å². The van der Waals surface area contributed by atoms with Crippen LogP contribution in [-0.4, -0.2) is 48.9 Å². The number of Topliss-reactive ketones (excluding diaryl/α,β-unsaturated/α-hetero) is 1. The van der Waals surface area contributed by atoms with E-state index in [0.29, 0.717) is 41.8 Å². The van der Waals surface area contributed by atoms with Gasteiger partial charge in [-0.05, 0) is 44.2 Å². The van der Waals surface area contributed by atoms with Crippen LogP contribution in [-0.2, 0) is 9.53 Å². The standard InChI is InChI=1S/C25H23NO7/c1-15-11-18(16(2)26(15)17-7-8-21-23(12-17)30-10-9-29-21)19(27)13-32-25(28)24-14-31-20-5-3-4-6-22(20)33-24/h3-8,11-12,24H,9-10,13-14H2,1-2H3. The highest BCUT2D eigenvalue weighted by atomic mass is 16.6. The van der Waals surface area contributed by atoms with Gasteiger partial charge in [-0.1, -0.05) is 12.1 Å². The fourth-order valence-electron chi connectivity index (χ4n) is 4.06. The first-order valence-corrected chi connectivity index (χ1v) is 10.7. The Kier molecular flexibility index (Phi) is 5.42. The predicted molar refractivity (Wildman–Crippen MR) is 118 cm³/mol. The van der Waals surface area contributed by atoms with Crippen LogP contribution in [0, 0.1) is 13.8 Å². The molecule has 33 heavy (non-hydrogen) atoms. The zero-order valence-corrected chi connectivity index (χ0v) is 18.3. The van der Waals surface area contributed by atoms with E-state index in [0.717, 1.165) is 17.1 Å². The number of fused-ring (bicyclic) bond motifs is 2. The van der Waals surface area contributed by atoms with Crippen molar-refractivity contribution in [1.82, 2.24) is 4.57 Å². The molecule has 0 bridgehead atoms. The molecule has 1 unspecified atom stereocenters. The third kappa shape index (κ3) is 4.00. The maximum atomic E-state index is 12.9. The number of esters is 1. The number of ketones is 1.